The number of carbonyl (C=O) groups excluding carboxylic acids is 2. The smallest absolute Gasteiger partial charge is 0.250 e. The molecule has 136 valence electrons. The number of fused-ring (bicyclic) bond motifs is 1. The predicted molar refractivity (Wildman–Crippen MR) is 95.4 cm³/mol. The van der Waals surface area contributed by atoms with Crippen molar-refractivity contribution in [2.75, 3.05) is 19.0 Å². The van der Waals surface area contributed by atoms with Crippen LogP contribution in [0.3, 0.4) is 0 Å². The van der Waals surface area contributed by atoms with Crippen LogP contribution in [0.25, 0.3) is 11.0 Å². The number of hydrogen-bond acceptors (Lipinski definition) is 5. The Labute approximate surface area is 149 Å². The third-order valence-electron chi connectivity index (χ3n) is 3.66. The van der Waals surface area contributed by atoms with Crippen LogP contribution < -0.4 is 10.6 Å². The average molecular weight is 356 g/mol. The van der Waals surface area contributed by atoms with Gasteiger partial charge in [-0.05, 0) is 24.6 Å². The number of aromatic amines is 1. The lowest BCUT2D eigenvalue weighted by atomic mass is 10.2. The zero-order chi connectivity index (χ0) is 18.5. The Kier molecular flexibility index (Phi) is 5.28. The van der Waals surface area contributed by atoms with E-state index in [1.165, 1.54) is 10.9 Å². The molecular formula is C17H20N6O3. The Balaban J connectivity index is 1.47. The Morgan fingerprint density at radius 3 is 2.96 bits per heavy atom. The van der Waals surface area contributed by atoms with Gasteiger partial charge in [-0.25, -0.2) is 4.98 Å². The number of ether oxygens (including phenoxy) is 1. The first-order valence-electron chi connectivity index (χ1n) is 8.09. The largest absolute Gasteiger partial charge is 0.364 e. The summed E-state index contributed by atoms with van der Waals surface area (Å²) in [6, 6.07) is 5.94. The molecule has 26 heavy (non-hydrogen) atoms. The summed E-state index contributed by atoms with van der Waals surface area (Å²) in [4.78, 5) is 30.8. The summed E-state index contributed by atoms with van der Waals surface area (Å²) in [5, 5.41) is 9.17. The van der Waals surface area contributed by atoms with Crippen molar-refractivity contribution in [3.63, 3.8) is 0 Å². The number of anilines is 1. The van der Waals surface area contributed by atoms with Gasteiger partial charge in [-0.3, -0.25) is 14.3 Å². The summed E-state index contributed by atoms with van der Waals surface area (Å²) in [5.74, 6) is 0.184. The lowest BCUT2D eigenvalue weighted by Crippen LogP contribution is -2.23. The molecule has 0 aliphatic heterocycles. The minimum absolute atomic E-state index is 0.0917. The first kappa shape index (κ1) is 17.6. The minimum atomic E-state index is -0.309. The predicted octanol–water partition coefficient (Wildman–Crippen LogP) is 0.969. The van der Waals surface area contributed by atoms with Crippen LogP contribution >= 0.6 is 0 Å². The molecule has 3 rings (SSSR count). The number of imidazole rings is 1. The number of rotatable bonds is 7. The summed E-state index contributed by atoms with van der Waals surface area (Å²) in [5.41, 5.74) is 3.45. The topological polar surface area (TPSA) is 114 Å². The number of nitrogens with one attached hydrogen (secondary N) is 3. The zero-order valence-electron chi connectivity index (χ0n) is 14.6. The van der Waals surface area contributed by atoms with Crippen LogP contribution in [0.4, 0.5) is 5.69 Å². The molecule has 2 amide bonds. The molecule has 0 atom stereocenters. The normalized spacial score (nSPS) is 10.8. The number of likely N-dealkylation sites (N-methyl/N-ethyl adjacent to an activating group) is 1. The molecule has 1 aromatic carbocycles. The molecule has 0 aliphatic carbocycles. The van der Waals surface area contributed by atoms with E-state index in [0.29, 0.717) is 11.5 Å². The number of H-pyrrole nitrogens is 1. The van der Waals surface area contributed by atoms with Crippen LogP contribution in [0, 0.1) is 6.92 Å². The molecule has 9 nitrogen and oxygen atoms in total. The van der Waals surface area contributed by atoms with Crippen molar-refractivity contribution in [1.29, 1.82) is 0 Å². The zero-order valence-corrected chi connectivity index (χ0v) is 14.6. The number of aryl methyl sites for hydroxylation is 1. The van der Waals surface area contributed by atoms with E-state index in [1.807, 2.05) is 25.1 Å². The fraction of sp³-hybridized carbons (Fsp3) is 0.294. The van der Waals surface area contributed by atoms with Crippen molar-refractivity contribution in [1.82, 2.24) is 25.1 Å². The van der Waals surface area contributed by atoms with Crippen molar-refractivity contribution in [3.8, 4) is 0 Å². The minimum Gasteiger partial charge on any atom is -0.364 e. The van der Waals surface area contributed by atoms with Gasteiger partial charge in [-0.2, -0.15) is 5.10 Å². The average Bonchev–Trinajstić information content (AvgIpc) is 3.20. The van der Waals surface area contributed by atoms with Gasteiger partial charge in [0.05, 0.1) is 22.9 Å². The number of aromatic nitrogens is 4. The summed E-state index contributed by atoms with van der Waals surface area (Å²) in [6.45, 7) is 2.19. The third-order valence-corrected chi connectivity index (χ3v) is 3.66. The highest BCUT2D eigenvalue weighted by Gasteiger charge is 2.08. The van der Waals surface area contributed by atoms with Gasteiger partial charge in [0.25, 0.3) is 0 Å². The second kappa shape index (κ2) is 7.79. The van der Waals surface area contributed by atoms with E-state index >= 15 is 0 Å². The third kappa shape index (κ3) is 4.45. The van der Waals surface area contributed by atoms with Gasteiger partial charge in [0, 0.05) is 13.2 Å². The Morgan fingerprint density at radius 1 is 1.31 bits per heavy atom. The van der Waals surface area contributed by atoms with Crippen LogP contribution in [-0.2, 0) is 27.5 Å². The molecule has 0 radical (unpaired) electrons. The van der Waals surface area contributed by atoms with Gasteiger partial charge in [0.2, 0.25) is 11.8 Å². The fourth-order valence-corrected chi connectivity index (χ4v) is 2.42. The van der Waals surface area contributed by atoms with Crippen LogP contribution in [0.2, 0.25) is 0 Å². The van der Waals surface area contributed by atoms with Crippen molar-refractivity contribution in [2.24, 2.45) is 0 Å². The monoisotopic (exact) mass is 356 g/mol. The second-order valence-electron chi connectivity index (χ2n) is 5.84. The number of hydrogen-bond donors (Lipinski definition) is 3. The molecule has 2 heterocycles. The highest BCUT2D eigenvalue weighted by Crippen LogP contribution is 2.13. The molecule has 0 bridgehead atoms. The van der Waals surface area contributed by atoms with E-state index in [1.54, 1.807) is 13.2 Å². The standard InChI is InChI=1S/C17H20N6O3/c1-11-3-4-13-14(5-11)22-15(21-13)9-26-10-17(25)20-12-6-19-23(7-12)8-16(24)18-2/h3-7H,8-10H2,1-2H3,(H,18,24)(H,20,25)(H,21,22). The van der Waals surface area contributed by atoms with Crippen molar-refractivity contribution in [3.05, 3.63) is 42.0 Å². The van der Waals surface area contributed by atoms with E-state index < -0.39 is 0 Å². The molecule has 0 spiro atoms. The lowest BCUT2D eigenvalue weighted by Gasteiger charge is -2.03. The van der Waals surface area contributed by atoms with Crippen molar-refractivity contribution < 1.29 is 14.3 Å². The highest BCUT2D eigenvalue weighted by molar-refractivity contribution is 5.91. The molecule has 0 unspecified atom stereocenters. The van der Waals surface area contributed by atoms with Crippen LogP contribution in [0.1, 0.15) is 11.4 Å². The van der Waals surface area contributed by atoms with E-state index in [4.69, 9.17) is 4.74 Å². The lowest BCUT2D eigenvalue weighted by molar-refractivity contribution is -0.121. The molecule has 0 saturated heterocycles. The molecule has 9 heteroatoms. The summed E-state index contributed by atoms with van der Waals surface area (Å²) in [7, 11) is 1.55. The maximum atomic E-state index is 11.9. The molecule has 0 fully saturated rings. The fourth-order valence-electron chi connectivity index (χ4n) is 2.42. The van der Waals surface area contributed by atoms with Gasteiger partial charge in [-0.15, -0.1) is 0 Å². The van der Waals surface area contributed by atoms with Crippen molar-refractivity contribution >= 4 is 28.5 Å². The maximum Gasteiger partial charge on any atom is 0.250 e. The van der Waals surface area contributed by atoms with E-state index in [9.17, 15) is 9.59 Å². The first-order valence-corrected chi connectivity index (χ1v) is 8.09. The summed E-state index contributed by atoms with van der Waals surface area (Å²) < 4.78 is 6.84. The first-order chi connectivity index (χ1) is 12.5. The molecule has 3 aromatic rings. The van der Waals surface area contributed by atoms with Gasteiger partial charge in [-0.1, -0.05) is 6.07 Å². The van der Waals surface area contributed by atoms with Crippen molar-refractivity contribution in [2.45, 2.75) is 20.1 Å². The SMILES string of the molecule is CNC(=O)Cn1cc(NC(=O)COCc2nc3ccc(C)cc3[nH]2)cn1. The number of benzene rings is 1. The molecule has 0 saturated carbocycles. The molecule has 0 aliphatic rings. The summed E-state index contributed by atoms with van der Waals surface area (Å²) in [6.07, 6.45) is 3.05. The van der Waals surface area contributed by atoms with E-state index in [2.05, 4.69) is 25.7 Å². The molecule has 2 aromatic heterocycles. The van der Waals surface area contributed by atoms with Crippen LogP contribution in [0.5, 0.6) is 0 Å². The van der Waals surface area contributed by atoms with E-state index in [0.717, 1.165) is 16.6 Å². The van der Waals surface area contributed by atoms with Crippen LogP contribution in [0.15, 0.2) is 30.6 Å². The Hall–Kier alpha value is -3.20. The Morgan fingerprint density at radius 2 is 2.15 bits per heavy atom. The highest BCUT2D eigenvalue weighted by atomic mass is 16.5. The van der Waals surface area contributed by atoms with Gasteiger partial charge < -0.3 is 20.4 Å². The quantitative estimate of drug-likeness (QED) is 0.584. The summed E-state index contributed by atoms with van der Waals surface area (Å²) >= 11 is 0. The molecule has 3 N–H and O–H groups in total. The van der Waals surface area contributed by atoms with Gasteiger partial charge in [0.15, 0.2) is 0 Å². The van der Waals surface area contributed by atoms with Gasteiger partial charge >= 0.3 is 0 Å². The second-order valence-corrected chi connectivity index (χ2v) is 5.84. The number of carbonyl (C=O) groups is 2. The maximum absolute atomic E-state index is 11.9. The van der Waals surface area contributed by atoms with Gasteiger partial charge in [0.1, 0.15) is 25.6 Å². The van der Waals surface area contributed by atoms with Crippen LogP contribution in [-0.4, -0.2) is 45.2 Å². The molecular weight excluding hydrogens is 336 g/mol. The van der Waals surface area contributed by atoms with E-state index in [-0.39, 0.29) is 31.6 Å². The number of nitrogens with zero attached hydrogens (tertiary/aromatic N) is 3. The Bertz CT molecular complexity index is 930. The number of amides is 2.